The lowest BCUT2D eigenvalue weighted by atomic mass is 10.2. The number of hydrogen-bond acceptors (Lipinski definition) is 5. The monoisotopic (exact) mass is 359 g/mol. The molecule has 1 amide bonds. The molecule has 0 saturated heterocycles. The van der Waals surface area contributed by atoms with Crippen LogP contribution >= 0.6 is 23.1 Å². The van der Waals surface area contributed by atoms with E-state index >= 15 is 0 Å². The molecule has 0 aliphatic carbocycles. The standard InChI is InChI=1S/C17H17N3O2S2/c1-2-20-16(22)15-13(8-9-23-15)19-17(20)24-11-14(21)18-10-12-6-4-3-5-7-12/h3-9H,2,10-11H2,1H3,(H,18,21). The SMILES string of the molecule is CCn1c(SCC(=O)NCc2ccccc2)nc2ccsc2c1=O. The predicted octanol–water partition coefficient (Wildman–Crippen LogP) is 2.89. The van der Waals surface area contributed by atoms with Crippen LogP contribution in [0.2, 0.25) is 0 Å². The van der Waals surface area contributed by atoms with Gasteiger partial charge in [0.1, 0.15) is 4.70 Å². The second-order valence-corrected chi connectivity index (χ2v) is 6.99. The number of thiophene rings is 1. The lowest BCUT2D eigenvalue weighted by molar-refractivity contribution is -0.118. The summed E-state index contributed by atoms with van der Waals surface area (Å²) in [7, 11) is 0. The maximum absolute atomic E-state index is 12.4. The number of carbonyl (C=O) groups is 1. The van der Waals surface area contributed by atoms with Gasteiger partial charge in [-0.15, -0.1) is 11.3 Å². The molecular formula is C17H17N3O2S2. The second kappa shape index (κ2) is 7.63. The quantitative estimate of drug-likeness (QED) is 0.543. The Labute approximate surface area is 147 Å². The highest BCUT2D eigenvalue weighted by atomic mass is 32.2. The maximum Gasteiger partial charge on any atom is 0.272 e. The number of carbonyl (C=O) groups excluding carboxylic acids is 1. The van der Waals surface area contributed by atoms with Gasteiger partial charge in [0.25, 0.3) is 5.56 Å². The van der Waals surface area contributed by atoms with Crippen molar-refractivity contribution >= 4 is 39.2 Å². The van der Waals surface area contributed by atoms with E-state index in [-0.39, 0.29) is 17.2 Å². The fourth-order valence-corrected chi connectivity index (χ4v) is 3.96. The Balaban J connectivity index is 1.66. The van der Waals surface area contributed by atoms with Crippen molar-refractivity contribution in [2.24, 2.45) is 0 Å². The summed E-state index contributed by atoms with van der Waals surface area (Å²) in [6, 6.07) is 11.6. The van der Waals surface area contributed by atoms with Crippen molar-refractivity contribution in [2.45, 2.75) is 25.2 Å². The van der Waals surface area contributed by atoms with E-state index in [1.807, 2.05) is 48.7 Å². The molecule has 2 aromatic heterocycles. The summed E-state index contributed by atoms with van der Waals surface area (Å²) in [5.74, 6) is 0.153. The van der Waals surface area contributed by atoms with E-state index in [0.29, 0.717) is 28.5 Å². The summed E-state index contributed by atoms with van der Waals surface area (Å²) in [6.45, 7) is 2.94. The van der Waals surface area contributed by atoms with Crippen LogP contribution in [0.1, 0.15) is 12.5 Å². The predicted molar refractivity (Wildman–Crippen MR) is 98.6 cm³/mol. The number of thioether (sulfide) groups is 1. The average Bonchev–Trinajstić information content (AvgIpc) is 3.08. The summed E-state index contributed by atoms with van der Waals surface area (Å²) in [4.78, 5) is 29.0. The Kier molecular flexibility index (Phi) is 5.32. The number of nitrogens with zero attached hydrogens (tertiary/aromatic N) is 2. The van der Waals surface area contributed by atoms with Crippen molar-refractivity contribution in [3.63, 3.8) is 0 Å². The van der Waals surface area contributed by atoms with Crippen LogP contribution in [-0.4, -0.2) is 21.2 Å². The van der Waals surface area contributed by atoms with Crippen LogP contribution in [0.25, 0.3) is 10.2 Å². The third kappa shape index (κ3) is 3.68. The highest BCUT2D eigenvalue weighted by Gasteiger charge is 2.13. The third-order valence-electron chi connectivity index (χ3n) is 3.51. The normalized spacial score (nSPS) is 10.9. The van der Waals surface area contributed by atoms with Gasteiger partial charge >= 0.3 is 0 Å². The molecule has 0 atom stereocenters. The van der Waals surface area contributed by atoms with Crippen molar-refractivity contribution < 1.29 is 4.79 Å². The summed E-state index contributed by atoms with van der Waals surface area (Å²) in [6.07, 6.45) is 0. The molecule has 0 radical (unpaired) electrons. The second-order valence-electron chi connectivity index (χ2n) is 5.13. The number of amides is 1. The molecule has 0 aliphatic rings. The average molecular weight is 359 g/mol. The first kappa shape index (κ1) is 16.7. The number of benzene rings is 1. The molecule has 7 heteroatoms. The first-order valence-electron chi connectivity index (χ1n) is 7.60. The van der Waals surface area contributed by atoms with Gasteiger partial charge in [-0.25, -0.2) is 4.98 Å². The number of aromatic nitrogens is 2. The Hall–Kier alpha value is -2.12. The molecule has 5 nitrogen and oxygen atoms in total. The van der Waals surface area contributed by atoms with Gasteiger partial charge in [-0.3, -0.25) is 14.2 Å². The summed E-state index contributed by atoms with van der Waals surface area (Å²) in [5, 5.41) is 5.33. The van der Waals surface area contributed by atoms with E-state index in [0.717, 1.165) is 5.56 Å². The van der Waals surface area contributed by atoms with Crippen LogP contribution in [-0.2, 0) is 17.9 Å². The highest BCUT2D eigenvalue weighted by molar-refractivity contribution is 7.99. The van der Waals surface area contributed by atoms with Crippen LogP contribution < -0.4 is 10.9 Å². The van der Waals surface area contributed by atoms with Gasteiger partial charge in [-0.05, 0) is 23.9 Å². The van der Waals surface area contributed by atoms with Gasteiger partial charge in [0.05, 0.1) is 11.3 Å². The zero-order valence-corrected chi connectivity index (χ0v) is 14.8. The van der Waals surface area contributed by atoms with E-state index in [4.69, 9.17) is 0 Å². The van der Waals surface area contributed by atoms with Crippen molar-refractivity contribution in [1.82, 2.24) is 14.9 Å². The molecule has 0 bridgehead atoms. The Morgan fingerprint density at radius 2 is 2.08 bits per heavy atom. The van der Waals surface area contributed by atoms with E-state index in [1.54, 1.807) is 4.57 Å². The number of nitrogens with one attached hydrogen (secondary N) is 1. The Morgan fingerprint density at radius 1 is 1.29 bits per heavy atom. The van der Waals surface area contributed by atoms with Gasteiger partial charge in [0, 0.05) is 13.1 Å². The van der Waals surface area contributed by atoms with Gasteiger partial charge in [0.2, 0.25) is 5.91 Å². The number of rotatable bonds is 6. The molecule has 0 unspecified atom stereocenters. The van der Waals surface area contributed by atoms with Crippen LogP contribution in [0.3, 0.4) is 0 Å². The smallest absolute Gasteiger partial charge is 0.272 e. The molecule has 0 aliphatic heterocycles. The van der Waals surface area contributed by atoms with Gasteiger partial charge < -0.3 is 5.32 Å². The van der Waals surface area contributed by atoms with Gasteiger partial charge in [-0.2, -0.15) is 0 Å². The Morgan fingerprint density at radius 3 is 2.83 bits per heavy atom. The lowest BCUT2D eigenvalue weighted by Crippen LogP contribution is -2.26. The molecule has 3 rings (SSSR count). The van der Waals surface area contributed by atoms with Crippen molar-refractivity contribution in [2.75, 3.05) is 5.75 Å². The van der Waals surface area contributed by atoms with E-state index in [1.165, 1.54) is 23.1 Å². The molecular weight excluding hydrogens is 342 g/mol. The van der Waals surface area contributed by atoms with Crippen LogP contribution in [0.15, 0.2) is 51.7 Å². The molecule has 24 heavy (non-hydrogen) atoms. The zero-order valence-electron chi connectivity index (χ0n) is 13.2. The molecule has 1 N–H and O–H groups in total. The fourth-order valence-electron chi connectivity index (χ4n) is 2.29. The van der Waals surface area contributed by atoms with Crippen molar-refractivity contribution in [3.8, 4) is 0 Å². The summed E-state index contributed by atoms with van der Waals surface area (Å²) in [5.41, 5.74) is 1.71. The minimum absolute atomic E-state index is 0.0373. The van der Waals surface area contributed by atoms with E-state index in [9.17, 15) is 9.59 Å². The minimum atomic E-state index is -0.0776. The summed E-state index contributed by atoms with van der Waals surface area (Å²) >= 11 is 2.69. The van der Waals surface area contributed by atoms with Crippen LogP contribution in [0.5, 0.6) is 0 Å². The first-order valence-corrected chi connectivity index (χ1v) is 9.47. The fraction of sp³-hybridized carbons (Fsp3) is 0.235. The number of fused-ring (bicyclic) bond motifs is 1. The third-order valence-corrected chi connectivity index (χ3v) is 5.38. The van der Waals surface area contributed by atoms with Crippen LogP contribution in [0.4, 0.5) is 0 Å². The molecule has 0 spiro atoms. The minimum Gasteiger partial charge on any atom is -0.351 e. The Bertz CT molecular complexity index is 903. The van der Waals surface area contributed by atoms with E-state index in [2.05, 4.69) is 10.3 Å². The molecule has 1 aromatic carbocycles. The summed E-state index contributed by atoms with van der Waals surface area (Å²) < 4.78 is 2.28. The largest absolute Gasteiger partial charge is 0.351 e. The molecule has 0 fully saturated rings. The first-order chi connectivity index (χ1) is 11.7. The number of hydrogen-bond donors (Lipinski definition) is 1. The van der Waals surface area contributed by atoms with Crippen molar-refractivity contribution in [3.05, 3.63) is 57.7 Å². The van der Waals surface area contributed by atoms with Gasteiger partial charge in [-0.1, -0.05) is 42.1 Å². The molecule has 0 saturated carbocycles. The van der Waals surface area contributed by atoms with Crippen LogP contribution in [0, 0.1) is 0 Å². The van der Waals surface area contributed by atoms with Gasteiger partial charge in [0.15, 0.2) is 5.16 Å². The molecule has 3 aromatic rings. The lowest BCUT2D eigenvalue weighted by Gasteiger charge is -2.10. The topological polar surface area (TPSA) is 64.0 Å². The van der Waals surface area contributed by atoms with E-state index < -0.39 is 0 Å². The molecule has 124 valence electrons. The zero-order chi connectivity index (χ0) is 16.9. The maximum atomic E-state index is 12.4. The van der Waals surface area contributed by atoms with Crippen molar-refractivity contribution in [1.29, 1.82) is 0 Å². The molecule has 2 heterocycles. The highest BCUT2D eigenvalue weighted by Crippen LogP contribution is 2.20.